The third-order valence-corrected chi connectivity index (χ3v) is 2.92. The number of para-hydroxylation sites is 2. The van der Waals surface area contributed by atoms with Gasteiger partial charge >= 0.3 is 5.69 Å². The fourth-order valence-electron chi connectivity index (χ4n) is 1.86. The Morgan fingerprint density at radius 3 is 2.42 bits per heavy atom. The maximum atomic E-state index is 11.8. The molecule has 0 aliphatic rings. The number of aromatic nitrogens is 2. The molecule has 2 aromatic rings. The van der Waals surface area contributed by atoms with Crippen LogP contribution < -0.4 is 15.2 Å². The van der Waals surface area contributed by atoms with E-state index in [0.29, 0.717) is 31.2 Å². The van der Waals surface area contributed by atoms with E-state index in [2.05, 4.69) is 0 Å². The third kappa shape index (κ3) is 2.99. The van der Waals surface area contributed by atoms with Gasteiger partial charge in [0.15, 0.2) is 11.5 Å². The smallest absolute Gasteiger partial charge is 0.328 e. The zero-order chi connectivity index (χ0) is 13.7. The average Bonchev–Trinajstić information content (AvgIpc) is 2.80. The molecular formula is C14H18N2O3. The van der Waals surface area contributed by atoms with Crippen molar-refractivity contribution in [2.24, 2.45) is 0 Å². The Hall–Kier alpha value is -2.17. The van der Waals surface area contributed by atoms with Crippen LogP contribution in [0, 0.1) is 0 Å². The lowest BCUT2D eigenvalue weighted by atomic mass is 10.3. The maximum Gasteiger partial charge on any atom is 0.328 e. The molecule has 0 radical (unpaired) electrons. The largest absolute Gasteiger partial charge is 0.493 e. The SMILES string of the molecule is CCn1ccn(CCOc2ccccc2OC)c1=O. The number of hydrogen-bond acceptors (Lipinski definition) is 3. The molecule has 19 heavy (non-hydrogen) atoms. The van der Waals surface area contributed by atoms with E-state index in [-0.39, 0.29) is 5.69 Å². The highest BCUT2D eigenvalue weighted by Crippen LogP contribution is 2.25. The Kier molecular flexibility index (Phi) is 4.28. The van der Waals surface area contributed by atoms with Crippen molar-refractivity contribution in [2.45, 2.75) is 20.0 Å². The minimum Gasteiger partial charge on any atom is -0.493 e. The van der Waals surface area contributed by atoms with Crippen molar-refractivity contribution in [3.8, 4) is 11.5 Å². The molecule has 1 aromatic heterocycles. The summed E-state index contributed by atoms with van der Waals surface area (Å²) in [6.07, 6.45) is 3.56. The second-order valence-corrected chi connectivity index (χ2v) is 4.06. The van der Waals surface area contributed by atoms with Crippen LogP contribution in [0.3, 0.4) is 0 Å². The highest BCUT2D eigenvalue weighted by molar-refractivity contribution is 5.39. The average molecular weight is 262 g/mol. The summed E-state index contributed by atoms with van der Waals surface area (Å²) in [5.74, 6) is 1.38. The fourth-order valence-corrected chi connectivity index (χ4v) is 1.86. The van der Waals surface area contributed by atoms with E-state index in [1.165, 1.54) is 0 Å². The molecule has 1 heterocycles. The standard InChI is InChI=1S/C14H18N2O3/c1-3-15-8-9-16(14(15)17)10-11-19-13-7-5-4-6-12(13)18-2/h4-9H,3,10-11H2,1-2H3. The number of ether oxygens (including phenoxy) is 2. The first-order chi connectivity index (χ1) is 9.26. The lowest BCUT2D eigenvalue weighted by Crippen LogP contribution is -2.25. The quantitative estimate of drug-likeness (QED) is 0.797. The number of methoxy groups -OCH3 is 1. The van der Waals surface area contributed by atoms with Crippen molar-refractivity contribution in [1.82, 2.24) is 9.13 Å². The summed E-state index contributed by atoms with van der Waals surface area (Å²) in [5, 5.41) is 0. The minimum absolute atomic E-state index is 0.00822. The van der Waals surface area contributed by atoms with Gasteiger partial charge in [0.1, 0.15) is 6.61 Å². The summed E-state index contributed by atoms with van der Waals surface area (Å²) in [6, 6.07) is 7.46. The molecule has 0 aliphatic carbocycles. The monoisotopic (exact) mass is 262 g/mol. The molecule has 1 aromatic carbocycles. The van der Waals surface area contributed by atoms with Gasteiger partial charge in [-0.05, 0) is 19.1 Å². The van der Waals surface area contributed by atoms with Crippen LogP contribution in [0.4, 0.5) is 0 Å². The number of benzene rings is 1. The maximum absolute atomic E-state index is 11.8. The zero-order valence-corrected chi connectivity index (χ0v) is 11.2. The first-order valence-corrected chi connectivity index (χ1v) is 6.27. The van der Waals surface area contributed by atoms with Gasteiger partial charge in [-0.3, -0.25) is 9.13 Å². The van der Waals surface area contributed by atoms with E-state index in [1.807, 2.05) is 31.2 Å². The topological polar surface area (TPSA) is 45.4 Å². The Labute approximate surface area is 112 Å². The summed E-state index contributed by atoms with van der Waals surface area (Å²) in [4.78, 5) is 11.8. The van der Waals surface area contributed by atoms with E-state index in [9.17, 15) is 4.79 Å². The first kappa shape index (κ1) is 13.3. The van der Waals surface area contributed by atoms with Crippen LogP contribution >= 0.6 is 0 Å². The number of hydrogen-bond donors (Lipinski definition) is 0. The lowest BCUT2D eigenvalue weighted by Gasteiger charge is -2.10. The van der Waals surface area contributed by atoms with E-state index in [0.717, 1.165) is 0 Å². The minimum atomic E-state index is -0.00822. The van der Waals surface area contributed by atoms with Gasteiger partial charge < -0.3 is 9.47 Å². The second-order valence-electron chi connectivity index (χ2n) is 4.06. The fraction of sp³-hybridized carbons (Fsp3) is 0.357. The summed E-state index contributed by atoms with van der Waals surface area (Å²) in [5.41, 5.74) is -0.00822. The molecule has 102 valence electrons. The molecule has 0 unspecified atom stereocenters. The molecule has 0 fully saturated rings. The number of aryl methyl sites for hydroxylation is 1. The molecule has 0 saturated carbocycles. The van der Waals surface area contributed by atoms with Crippen LogP contribution in [0.15, 0.2) is 41.5 Å². The Bertz CT molecular complexity index is 586. The van der Waals surface area contributed by atoms with Crippen molar-refractivity contribution in [1.29, 1.82) is 0 Å². The third-order valence-electron chi connectivity index (χ3n) is 2.92. The first-order valence-electron chi connectivity index (χ1n) is 6.27. The van der Waals surface area contributed by atoms with Crippen molar-refractivity contribution in [3.05, 3.63) is 47.1 Å². The van der Waals surface area contributed by atoms with Crippen LogP contribution in [-0.2, 0) is 13.1 Å². The van der Waals surface area contributed by atoms with Gasteiger partial charge in [0, 0.05) is 18.9 Å². The van der Waals surface area contributed by atoms with Gasteiger partial charge in [-0.2, -0.15) is 0 Å². The molecule has 5 nitrogen and oxygen atoms in total. The zero-order valence-electron chi connectivity index (χ0n) is 11.2. The molecule has 0 N–H and O–H groups in total. The van der Waals surface area contributed by atoms with Crippen LogP contribution in [0.1, 0.15) is 6.92 Å². The van der Waals surface area contributed by atoms with E-state index < -0.39 is 0 Å². The van der Waals surface area contributed by atoms with Gasteiger partial charge in [-0.25, -0.2) is 4.79 Å². The Morgan fingerprint density at radius 2 is 1.79 bits per heavy atom. The normalized spacial score (nSPS) is 10.4. The van der Waals surface area contributed by atoms with Crippen LogP contribution in [-0.4, -0.2) is 22.9 Å². The van der Waals surface area contributed by atoms with Gasteiger partial charge in [0.2, 0.25) is 0 Å². The lowest BCUT2D eigenvalue weighted by molar-refractivity contribution is 0.278. The van der Waals surface area contributed by atoms with Gasteiger partial charge in [-0.1, -0.05) is 12.1 Å². The summed E-state index contributed by atoms with van der Waals surface area (Å²) >= 11 is 0. The van der Waals surface area contributed by atoms with Crippen molar-refractivity contribution >= 4 is 0 Å². The Morgan fingerprint density at radius 1 is 1.11 bits per heavy atom. The highest BCUT2D eigenvalue weighted by atomic mass is 16.5. The molecule has 0 saturated heterocycles. The second kappa shape index (κ2) is 6.13. The molecule has 0 atom stereocenters. The molecular weight excluding hydrogens is 244 g/mol. The summed E-state index contributed by atoms with van der Waals surface area (Å²) in [7, 11) is 1.61. The predicted molar refractivity (Wildman–Crippen MR) is 72.9 cm³/mol. The van der Waals surface area contributed by atoms with E-state index in [1.54, 1.807) is 28.6 Å². The molecule has 0 amide bonds. The number of imidazole rings is 1. The van der Waals surface area contributed by atoms with E-state index in [4.69, 9.17) is 9.47 Å². The van der Waals surface area contributed by atoms with Crippen LogP contribution in [0.25, 0.3) is 0 Å². The van der Waals surface area contributed by atoms with Gasteiger partial charge in [0.05, 0.1) is 13.7 Å². The summed E-state index contributed by atoms with van der Waals surface area (Å²) in [6.45, 7) is 3.56. The highest BCUT2D eigenvalue weighted by Gasteiger charge is 2.04. The van der Waals surface area contributed by atoms with Crippen molar-refractivity contribution in [2.75, 3.05) is 13.7 Å². The molecule has 2 rings (SSSR count). The molecule has 5 heteroatoms. The number of nitrogens with zero attached hydrogens (tertiary/aromatic N) is 2. The number of rotatable bonds is 6. The molecule has 0 bridgehead atoms. The summed E-state index contributed by atoms with van der Waals surface area (Å²) < 4.78 is 14.1. The van der Waals surface area contributed by atoms with Gasteiger partial charge in [-0.15, -0.1) is 0 Å². The van der Waals surface area contributed by atoms with Crippen LogP contribution in [0.2, 0.25) is 0 Å². The van der Waals surface area contributed by atoms with Crippen LogP contribution in [0.5, 0.6) is 11.5 Å². The van der Waals surface area contributed by atoms with Crippen molar-refractivity contribution in [3.63, 3.8) is 0 Å². The molecule has 0 aliphatic heterocycles. The molecule has 0 spiro atoms. The van der Waals surface area contributed by atoms with Crippen molar-refractivity contribution < 1.29 is 9.47 Å². The van der Waals surface area contributed by atoms with Gasteiger partial charge in [0.25, 0.3) is 0 Å². The Balaban J connectivity index is 1.96. The predicted octanol–water partition coefficient (Wildman–Crippen LogP) is 1.76. The van der Waals surface area contributed by atoms with E-state index >= 15 is 0 Å².